The number of nitrogens with one attached hydrogen (secondary N) is 1. The van der Waals surface area contributed by atoms with Crippen LogP contribution in [0.4, 0.5) is 5.13 Å². The number of hydrogen-bond acceptors (Lipinski definition) is 6. The molecule has 2 heterocycles. The van der Waals surface area contributed by atoms with Gasteiger partial charge < -0.3 is 15.0 Å². The smallest absolute Gasteiger partial charge is 0.356 e. The van der Waals surface area contributed by atoms with Crippen molar-refractivity contribution in [2.75, 3.05) is 11.9 Å². The van der Waals surface area contributed by atoms with Gasteiger partial charge in [-0.3, -0.25) is 0 Å². The molecule has 0 saturated heterocycles. The van der Waals surface area contributed by atoms with E-state index in [0.717, 1.165) is 11.0 Å². The van der Waals surface area contributed by atoms with E-state index < -0.39 is 5.97 Å². The van der Waals surface area contributed by atoms with Crippen LogP contribution >= 0.6 is 11.5 Å². The van der Waals surface area contributed by atoms with Gasteiger partial charge in [-0.1, -0.05) is 13.8 Å². The third kappa shape index (κ3) is 3.50. The number of aromatic carboxylic acids is 1. The Hall–Kier alpha value is -1.96. The summed E-state index contributed by atoms with van der Waals surface area (Å²) < 4.78 is 5.96. The van der Waals surface area contributed by atoms with Gasteiger partial charge in [0, 0.05) is 36.7 Å². The molecule has 0 amide bonds. The first-order valence-corrected chi connectivity index (χ1v) is 6.66. The summed E-state index contributed by atoms with van der Waals surface area (Å²) in [5.74, 6) is 0.138. The number of carboxylic acid groups (broad SMARTS) is 1. The molecule has 0 aliphatic heterocycles. The normalized spacial score (nSPS) is 10.9. The largest absolute Gasteiger partial charge is 0.476 e. The predicted octanol–water partition coefficient (Wildman–Crippen LogP) is 1.67. The molecule has 19 heavy (non-hydrogen) atoms. The second kappa shape index (κ2) is 5.79. The molecular weight excluding hydrogens is 266 g/mol. The number of carboxylic acids is 1. The van der Waals surface area contributed by atoms with Crippen LogP contribution in [0.15, 0.2) is 12.5 Å². The van der Waals surface area contributed by atoms with Gasteiger partial charge in [0.25, 0.3) is 0 Å². The average Bonchev–Trinajstić information content (AvgIpc) is 2.97. The first-order valence-electron chi connectivity index (χ1n) is 5.89. The molecule has 0 saturated carbocycles. The Morgan fingerprint density at radius 2 is 2.37 bits per heavy atom. The average molecular weight is 281 g/mol. The number of rotatable bonds is 6. The molecule has 0 aromatic carbocycles. The van der Waals surface area contributed by atoms with Crippen LogP contribution in [0, 0.1) is 0 Å². The van der Waals surface area contributed by atoms with Crippen molar-refractivity contribution in [3.05, 3.63) is 24.0 Å². The first-order chi connectivity index (χ1) is 9.06. The Morgan fingerprint density at radius 1 is 1.58 bits per heavy atom. The highest BCUT2D eigenvalue weighted by molar-refractivity contribution is 7.09. The quantitative estimate of drug-likeness (QED) is 0.836. The van der Waals surface area contributed by atoms with Crippen LogP contribution < -0.4 is 5.32 Å². The molecule has 0 bridgehead atoms. The summed E-state index contributed by atoms with van der Waals surface area (Å²) >= 11 is 1.33. The lowest BCUT2D eigenvalue weighted by Crippen LogP contribution is -2.09. The van der Waals surface area contributed by atoms with Gasteiger partial charge in [0.1, 0.15) is 5.82 Å². The number of hydrogen-bond donors (Lipinski definition) is 2. The van der Waals surface area contributed by atoms with Crippen molar-refractivity contribution in [2.45, 2.75) is 26.3 Å². The van der Waals surface area contributed by atoms with Gasteiger partial charge in [-0.05, 0) is 0 Å². The number of nitrogens with zero attached hydrogens (tertiary/aromatic N) is 4. The van der Waals surface area contributed by atoms with E-state index in [1.54, 1.807) is 4.57 Å². The highest BCUT2D eigenvalue weighted by atomic mass is 32.1. The highest BCUT2D eigenvalue weighted by Crippen LogP contribution is 2.16. The van der Waals surface area contributed by atoms with E-state index in [-0.39, 0.29) is 5.69 Å². The Bertz CT molecular complexity index is 563. The van der Waals surface area contributed by atoms with Crippen LogP contribution in [-0.2, 0) is 6.54 Å². The molecule has 102 valence electrons. The molecule has 7 nitrogen and oxygen atoms in total. The first kappa shape index (κ1) is 13.5. The molecular formula is C11H15N5O2S. The Kier molecular flexibility index (Phi) is 4.10. The van der Waals surface area contributed by atoms with Crippen molar-refractivity contribution in [3.8, 4) is 0 Å². The van der Waals surface area contributed by atoms with Crippen molar-refractivity contribution in [1.82, 2.24) is 18.9 Å². The minimum Gasteiger partial charge on any atom is -0.476 e. The maximum atomic E-state index is 10.7. The summed E-state index contributed by atoms with van der Waals surface area (Å²) in [6, 6.07) is 0. The van der Waals surface area contributed by atoms with Crippen LogP contribution in [0.3, 0.4) is 0 Å². The number of anilines is 1. The molecule has 2 rings (SSSR count). The lowest BCUT2D eigenvalue weighted by molar-refractivity contribution is 0.0691. The van der Waals surface area contributed by atoms with Crippen LogP contribution in [0.25, 0.3) is 0 Å². The second-order valence-electron chi connectivity index (χ2n) is 4.34. The summed E-state index contributed by atoms with van der Waals surface area (Å²) in [6.45, 7) is 5.36. The van der Waals surface area contributed by atoms with Gasteiger partial charge in [-0.25, -0.2) is 14.8 Å². The summed E-state index contributed by atoms with van der Waals surface area (Å²) in [6.07, 6.45) is 3.01. The minimum atomic E-state index is -1.02. The van der Waals surface area contributed by atoms with Crippen molar-refractivity contribution in [1.29, 1.82) is 0 Å². The molecule has 0 fully saturated rings. The third-order valence-electron chi connectivity index (χ3n) is 2.46. The van der Waals surface area contributed by atoms with Gasteiger partial charge >= 0.3 is 5.97 Å². The van der Waals surface area contributed by atoms with Crippen molar-refractivity contribution < 1.29 is 9.90 Å². The van der Waals surface area contributed by atoms with Gasteiger partial charge in [-0.2, -0.15) is 4.37 Å². The molecule has 2 N–H and O–H groups in total. The third-order valence-corrected chi connectivity index (χ3v) is 3.14. The summed E-state index contributed by atoms with van der Waals surface area (Å²) in [7, 11) is 0. The van der Waals surface area contributed by atoms with Gasteiger partial charge in [0.15, 0.2) is 5.69 Å². The second-order valence-corrected chi connectivity index (χ2v) is 5.09. The number of carbonyl (C=O) groups is 1. The van der Waals surface area contributed by atoms with Crippen LogP contribution in [-0.4, -0.2) is 36.5 Å². The summed E-state index contributed by atoms with van der Waals surface area (Å²) in [4.78, 5) is 18.8. The maximum Gasteiger partial charge on any atom is 0.356 e. The molecule has 0 aliphatic carbocycles. The summed E-state index contributed by atoms with van der Waals surface area (Å²) in [5.41, 5.74) is 0.0537. The van der Waals surface area contributed by atoms with E-state index in [1.165, 1.54) is 24.1 Å². The molecule has 0 aliphatic rings. The molecule has 0 radical (unpaired) electrons. The fraction of sp³-hybridized carbons (Fsp3) is 0.455. The lowest BCUT2D eigenvalue weighted by atomic mass is 10.2. The maximum absolute atomic E-state index is 10.7. The summed E-state index contributed by atoms with van der Waals surface area (Å²) in [5, 5.41) is 12.7. The van der Waals surface area contributed by atoms with E-state index >= 15 is 0 Å². The number of imidazole rings is 1. The van der Waals surface area contributed by atoms with Crippen LogP contribution in [0.2, 0.25) is 0 Å². The van der Waals surface area contributed by atoms with Crippen molar-refractivity contribution in [2.24, 2.45) is 0 Å². The SMILES string of the molecule is CC(C)c1nsc(NCCn2cnc(C(=O)O)c2)n1. The zero-order valence-corrected chi connectivity index (χ0v) is 11.5. The minimum absolute atomic E-state index is 0.0537. The predicted molar refractivity (Wildman–Crippen MR) is 71.7 cm³/mol. The van der Waals surface area contributed by atoms with Crippen LogP contribution in [0.1, 0.15) is 36.1 Å². The molecule has 2 aromatic rings. The van der Waals surface area contributed by atoms with E-state index in [9.17, 15) is 4.79 Å². The lowest BCUT2D eigenvalue weighted by Gasteiger charge is -2.02. The van der Waals surface area contributed by atoms with E-state index in [4.69, 9.17) is 5.11 Å². The van der Waals surface area contributed by atoms with E-state index in [0.29, 0.717) is 19.0 Å². The standard InChI is InChI=1S/C11H15N5O2S/c1-7(2)9-14-11(19-15-9)12-3-4-16-5-8(10(17)18)13-6-16/h5-7H,3-4H2,1-2H3,(H,17,18)(H,12,14,15). The molecule has 0 atom stereocenters. The fourth-order valence-corrected chi connectivity index (χ4v) is 2.16. The van der Waals surface area contributed by atoms with Gasteiger partial charge in [-0.15, -0.1) is 0 Å². The van der Waals surface area contributed by atoms with Crippen molar-refractivity contribution >= 4 is 22.6 Å². The zero-order chi connectivity index (χ0) is 13.8. The van der Waals surface area contributed by atoms with Gasteiger partial charge in [0.2, 0.25) is 5.13 Å². The highest BCUT2D eigenvalue weighted by Gasteiger charge is 2.08. The van der Waals surface area contributed by atoms with Crippen molar-refractivity contribution in [3.63, 3.8) is 0 Å². The molecule has 8 heteroatoms. The molecule has 0 spiro atoms. The van der Waals surface area contributed by atoms with Crippen LogP contribution in [0.5, 0.6) is 0 Å². The Balaban J connectivity index is 1.83. The molecule has 2 aromatic heterocycles. The monoisotopic (exact) mass is 281 g/mol. The van der Waals surface area contributed by atoms with Gasteiger partial charge in [0.05, 0.1) is 6.33 Å². The topological polar surface area (TPSA) is 92.9 Å². The van der Waals surface area contributed by atoms with E-state index in [1.807, 2.05) is 13.8 Å². The Labute approximate surface area is 114 Å². The zero-order valence-electron chi connectivity index (χ0n) is 10.7. The van der Waals surface area contributed by atoms with E-state index in [2.05, 4.69) is 19.7 Å². The number of aromatic nitrogens is 4. The fourth-order valence-electron chi connectivity index (χ4n) is 1.43. The Morgan fingerprint density at radius 3 is 2.95 bits per heavy atom. The molecule has 0 unspecified atom stereocenters.